The van der Waals surface area contributed by atoms with Crippen LogP contribution in [0.4, 0.5) is 0 Å². The first-order chi connectivity index (χ1) is 4.34. The molecule has 3 nitrogen and oxygen atoms in total. The van der Waals surface area contributed by atoms with Gasteiger partial charge in [-0.2, -0.15) is 0 Å². The van der Waals surface area contributed by atoms with Crippen LogP contribution in [0.25, 0.3) is 0 Å². The standard InChI is InChI=1S/C6H14NO2S/c1-5(2)4-6(3)10(7,8)9/h5-7H,4H2,1-3H3. The highest BCUT2D eigenvalue weighted by atomic mass is 32.2. The smallest absolute Gasteiger partial charge is 0.211 e. The second-order valence-electron chi connectivity index (χ2n) is 2.99. The Labute approximate surface area is 62.7 Å². The fourth-order valence-corrected chi connectivity index (χ4v) is 1.43. The third-order valence-corrected chi connectivity index (χ3v) is 2.58. The molecule has 0 saturated carbocycles. The van der Waals surface area contributed by atoms with Gasteiger partial charge in [0.25, 0.3) is 0 Å². The minimum Gasteiger partial charge on any atom is -0.211 e. The third kappa shape index (κ3) is 3.85. The van der Waals surface area contributed by atoms with Gasteiger partial charge in [-0.1, -0.05) is 13.8 Å². The second-order valence-corrected chi connectivity index (χ2v) is 4.88. The summed E-state index contributed by atoms with van der Waals surface area (Å²) in [5.41, 5.74) is 0. The summed E-state index contributed by atoms with van der Waals surface area (Å²) < 4.78 is 21.1. The molecule has 1 radical (unpaired) electrons. The maximum atomic E-state index is 10.5. The summed E-state index contributed by atoms with van der Waals surface area (Å²) >= 11 is 0. The summed E-state index contributed by atoms with van der Waals surface area (Å²) in [7, 11) is -3.55. The van der Waals surface area contributed by atoms with Crippen LogP contribution in [-0.2, 0) is 10.0 Å². The molecule has 1 N–H and O–H groups in total. The molecule has 0 aromatic carbocycles. The molecule has 1 unspecified atom stereocenters. The van der Waals surface area contributed by atoms with Crippen molar-refractivity contribution >= 4 is 10.0 Å². The largest absolute Gasteiger partial charge is 0.227 e. The Bertz CT molecular complexity index is 184. The van der Waals surface area contributed by atoms with Gasteiger partial charge in [-0.15, -0.1) is 5.14 Å². The molecule has 0 saturated heterocycles. The van der Waals surface area contributed by atoms with E-state index in [1.807, 2.05) is 13.8 Å². The Balaban J connectivity index is 3.99. The zero-order chi connectivity index (χ0) is 8.36. The lowest BCUT2D eigenvalue weighted by molar-refractivity contribution is 0.537. The van der Waals surface area contributed by atoms with Crippen molar-refractivity contribution in [3.05, 3.63) is 0 Å². The first kappa shape index (κ1) is 9.91. The van der Waals surface area contributed by atoms with E-state index in [9.17, 15) is 8.42 Å². The van der Waals surface area contributed by atoms with E-state index in [1.54, 1.807) is 6.92 Å². The lowest BCUT2D eigenvalue weighted by Crippen LogP contribution is -2.19. The van der Waals surface area contributed by atoms with E-state index in [0.29, 0.717) is 12.3 Å². The van der Waals surface area contributed by atoms with Gasteiger partial charge in [0.15, 0.2) is 0 Å². The normalized spacial score (nSPS) is 15.7. The number of hydrogen-bond donors (Lipinski definition) is 0. The van der Waals surface area contributed by atoms with Crippen molar-refractivity contribution in [3.8, 4) is 0 Å². The van der Waals surface area contributed by atoms with Crippen LogP contribution in [0.15, 0.2) is 0 Å². The van der Waals surface area contributed by atoms with Gasteiger partial charge in [-0.25, -0.2) is 8.42 Å². The molecule has 0 spiro atoms. The minimum atomic E-state index is -3.55. The van der Waals surface area contributed by atoms with Gasteiger partial charge >= 0.3 is 0 Å². The van der Waals surface area contributed by atoms with Crippen molar-refractivity contribution in [1.29, 1.82) is 0 Å². The molecule has 0 heterocycles. The highest BCUT2D eigenvalue weighted by Crippen LogP contribution is 2.09. The van der Waals surface area contributed by atoms with Crippen molar-refractivity contribution < 1.29 is 8.42 Å². The van der Waals surface area contributed by atoms with E-state index in [2.05, 4.69) is 0 Å². The summed E-state index contributed by atoms with van der Waals surface area (Å²) in [5.74, 6) is 0.343. The van der Waals surface area contributed by atoms with Gasteiger partial charge in [0.1, 0.15) is 0 Å². The van der Waals surface area contributed by atoms with Gasteiger partial charge in [0, 0.05) is 0 Å². The van der Waals surface area contributed by atoms with Crippen LogP contribution >= 0.6 is 0 Å². The fraction of sp³-hybridized carbons (Fsp3) is 1.00. The van der Waals surface area contributed by atoms with Gasteiger partial charge in [0.05, 0.1) is 5.25 Å². The van der Waals surface area contributed by atoms with Crippen LogP contribution in [-0.4, -0.2) is 13.7 Å². The van der Waals surface area contributed by atoms with Crippen LogP contribution in [0.5, 0.6) is 0 Å². The Kier molecular flexibility index (Phi) is 3.31. The monoisotopic (exact) mass is 164 g/mol. The highest BCUT2D eigenvalue weighted by molar-refractivity contribution is 7.89. The summed E-state index contributed by atoms with van der Waals surface area (Å²) in [6, 6.07) is 0. The molecule has 0 aromatic heterocycles. The van der Waals surface area contributed by atoms with Crippen LogP contribution < -0.4 is 5.14 Å². The molecule has 0 aromatic rings. The molecule has 0 rings (SSSR count). The second kappa shape index (κ2) is 3.34. The average molecular weight is 164 g/mol. The minimum absolute atomic E-state index is 0.343. The molecular formula is C6H14NO2S. The molecule has 4 heteroatoms. The zero-order valence-corrected chi connectivity index (χ0v) is 7.40. The number of sulfonamides is 1. The number of hydrogen-bond acceptors (Lipinski definition) is 2. The molecule has 61 valence electrons. The molecule has 1 atom stereocenters. The summed E-state index contributed by atoms with van der Waals surface area (Å²) in [6.07, 6.45) is 0.575. The first-order valence-corrected chi connectivity index (χ1v) is 4.87. The molecule has 10 heavy (non-hydrogen) atoms. The van der Waals surface area contributed by atoms with Crippen molar-refractivity contribution in [2.24, 2.45) is 5.92 Å². The molecule has 0 aliphatic carbocycles. The SMILES string of the molecule is CC(C)CC(C)S([NH])(=O)=O. The molecule has 0 aliphatic heterocycles. The quantitative estimate of drug-likeness (QED) is 0.625. The van der Waals surface area contributed by atoms with Crippen LogP contribution in [0.3, 0.4) is 0 Å². The number of nitrogens with one attached hydrogen (secondary N) is 1. The first-order valence-electron chi connectivity index (χ1n) is 3.32. The van der Waals surface area contributed by atoms with Gasteiger partial charge in [-0.05, 0) is 19.3 Å². The van der Waals surface area contributed by atoms with E-state index in [4.69, 9.17) is 5.14 Å². The summed E-state index contributed by atoms with van der Waals surface area (Å²) in [5, 5.41) is 6.18. The zero-order valence-electron chi connectivity index (χ0n) is 6.59. The predicted molar refractivity (Wildman–Crippen MR) is 40.9 cm³/mol. The molecule has 0 bridgehead atoms. The van der Waals surface area contributed by atoms with Crippen molar-refractivity contribution in [2.75, 3.05) is 0 Å². The van der Waals surface area contributed by atoms with Crippen LogP contribution in [0.2, 0.25) is 0 Å². The van der Waals surface area contributed by atoms with E-state index in [-0.39, 0.29) is 0 Å². The molecule has 0 aliphatic rings. The molecule has 0 fully saturated rings. The Hall–Kier alpha value is -0.0900. The van der Waals surface area contributed by atoms with Gasteiger partial charge in [-0.3, -0.25) is 0 Å². The van der Waals surface area contributed by atoms with Gasteiger partial charge in [0.2, 0.25) is 10.0 Å². The van der Waals surface area contributed by atoms with E-state index in [0.717, 1.165) is 0 Å². The predicted octanol–water partition coefficient (Wildman–Crippen LogP) is 1.03. The van der Waals surface area contributed by atoms with E-state index in [1.165, 1.54) is 0 Å². The Morgan fingerprint density at radius 1 is 1.30 bits per heavy atom. The average Bonchev–Trinajstić information content (AvgIpc) is 1.60. The topological polar surface area (TPSA) is 57.9 Å². The Morgan fingerprint density at radius 2 is 1.70 bits per heavy atom. The lowest BCUT2D eigenvalue weighted by Gasteiger charge is -2.09. The maximum Gasteiger partial charge on any atom is 0.227 e. The lowest BCUT2D eigenvalue weighted by atomic mass is 10.1. The van der Waals surface area contributed by atoms with Crippen LogP contribution in [0.1, 0.15) is 27.2 Å². The Morgan fingerprint density at radius 3 is 1.80 bits per heavy atom. The van der Waals surface area contributed by atoms with Crippen molar-refractivity contribution in [3.63, 3.8) is 0 Å². The van der Waals surface area contributed by atoms with Crippen LogP contribution in [0, 0.1) is 5.92 Å². The number of rotatable bonds is 3. The maximum absolute atomic E-state index is 10.5. The van der Waals surface area contributed by atoms with Crippen molar-refractivity contribution in [2.45, 2.75) is 32.4 Å². The van der Waals surface area contributed by atoms with Crippen molar-refractivity contribution in [1.82, 2.24) is 5.14 Å². The summed E-state index contributed by atoms with van der Waals surface area (Å²) in [4.78, 5) is 0. The van der Waals surface area contributed by atoms with E-state index >= 15 is 0 Å². The fourth-order valence-electron chi connectivity index (χ4n) is 0.791. The van der Waals surface area contributed by atoms with E-state index < -0.39 is 15.3 Å². The van der Waals surface area contributed by atoms with Gasteiger partial charge < -0.3 is 0 Å². The molecular weight excluding hydrogens is 150 g/mol. The summed E-state index contributed by atoms with van der Waals surface area (Å²) in [6.45, 7) is 5.46. The molecule has 0 amide bonds. The highest BCUT2D eigenvalue weighted by Gasteiger charge is 2.16. The third-order valence-electron chi connectivity index (χ3n) is 1.33.